The summed E-state index contributed by atoms with van der Waals surface area (Å²) in [6.07, 6.45) is 0.532. The highest BCUT2D eigenvalue weighted by Crippen LogP contribution is 2.19. The van der Waals surface area contributed by atoms with E-state index in [1.165, 1.54) is 0 Å². The molecule has 1 aromatic carbocycles. The SMILES string of the molecule is CN1CC[C@H](C(=O)N2CCN(C[C@H](O)c3ccccc3)CC2)C1. The summed E-state index contributed by atoms with van der Waals surface area (Å²) >= 11 is 0. The van der Waals surface area contributed by atoms with Crippen LogP contribution in [0, 0.1) is 5.92 Å². The van der Waals surface area contributed by atoms with E-state index in [2.05, 4.69) is 16.8 Å². The number of hydrogen-bond donors (Lipinski definition) is 1. The fourth-order valence-corrected chi connectivity index (χ4v) is 3.57. The number of piperazine rings is 1. The normalized spacial score (nSPS) is 24.8. The minimum Gasteiger partial charge on any atom is -0.387 e. The maximum Gasteiger partial charge on any atom is 0.227 e. The Balaban J connectivity index is 1.46. The van der Waals surface area contributed by atoms with Crippen LogP contribution < -0.4 is 0 Å². The van der Waals surface area contributed by atoms with Gasteiger partial charge in [-0.25, -0.2) is 0 Å². The standard InChI is InChI=1S/C18H27N3O2/c1-19-8-7-16(13-19)18(23)21-11-9-20(10-12-21)14-17(22)15-5-3-2-4-6-15/h2-6,16-17,22H,7-14H2,1H3/t16-,17-/m0/s1. The first-order chi connectivity index (χ1) is 11.1. The molecule has 2 atom stereocenters. The van der Waals surface area contributed by atoms with Gasteiger partial charge in [0.25, 0.3) is 0 Å². The van der Waals surface area contributed by atoms with Gasteiger partial charge in [-0.3, -0.25) is 9.69 Å². The molecule has 2 aliphatic heterocycles. The van der Waals surface area contributed by atoms with Crippen LogP contribution in [0.2, 0.25) is 0 Å². The van der Waals surface area contributed by atoms with Crippen LogP contribution >= 0.6 is 0 Å². The fraction of sp³-hybridized carbons (Fsp3) is 0.611. The van der Waals surface area contributed by atoms with Crippen molar-refractivity contribution in [2.75, 3.05) is 52.9 Å². The number of rotatable bonds is 4. The molecule has 0 bridgehead atoms. The second kappa shape index (κ2) is 7.43. The Morgan fingerprint density at radius 1 is 1.17 bits per heavy atom. The number of amides is 1. The third kappa shape index (κ3) is 4.10. The van der Waals surface area contributed by atoms with Crippen LogP contribution in [-0.4, -0.2) is 78.6 Å². The number of hydrogen-bond acceptors (Lipinski definition) is 4. The van der Waals surface area contributed by atoms with E-state index in [0.717, 1.165) is 51.3 Å². The van der Waals surface area contributed by atoms with E-state index in [4.69, 9.17) is 0 Å². The minimum absolute atomic E-state index is 0.182. The summed E-state index contributed by atoms with van der Waals surface area (Å²) in [4.78, 5) is 19.0. The minimum atomic E-state index is -0.457. The lowest BCUT2D eigenvalue weighted by Gasteiger charge is -2.36. The van der Waals surface area contributed by atoms with E-state index >= 15 is 0 Å². The Morgan fingerprint density at radius 2 is 1.87 bits per heavy atom. The zero-order valence-electron chi connectivity index (χ0n) is 13.9. The van der Waals surface area contributed by atoms with Crippen molar-refractivity contribution in [3.63, 3.8) is 0 Å². The second-order valence-electron chi connectivity index (χ2n) is 6.80. The lowest BCUT2D eigenvalue weighted by molar-refractivity contribution is -0.137. The Kier molecular flexibility index (Phi) is 5.30. The molecule has 23 heavy (non-hydrogen) atoms. The average molecular weight is 317 g/mol. The van der Waals surface area contributed by atoms with Gasteiger partial charge in [0.05, 0.1) is 12.0 Å². The molecule has 5 nitrogen and oxygen atoms in total. The molecule has 0 spiro atoms. The van der Waals surface area contributed by atoms with E-state index in [-0.39, 0.29) is 5.92 Å². The van der Waals surface area contributed by atoms with Crippen molar-refractivity contribution in [2.24, 2.45) is 5.92 Å². The molecular formula is C18H27N3O2. The van der Waals surface area contributed by atoms with Gasteiger partial charge in [0.2, 0.25) is 5.91 Å². The molecule has 2 fully saturated rings. The van der Waals surface area contributed by atoms with E-state index < -0.39 is 6.10 Å². The maximum atomic E-state index is 12.5. The fourth-order valence-electron chi connectivity index (χ4n) is 3.57. The van der Waals surface area contributed by atoms with Crippen molar-refractivity contribution in [1.82, 2.24) is 14.7 Å². The first kappa shape index (κ1) is 16.4. The van der Waals surface area contributed by atoms with Crippen LogP contribution in [0.3, 0.4) is 0 Å². The Hall–Kier alpha value is -1.43. The van der Waals surface area contributed by atoms with Crippen LogP contribution in [0.4, 0.5) is 0 Å². The van der Waals surface area contributed by atoms with Crippen LogP contribution in [0.25, 0.3) is 0 Å². The summed E-state index contributed by atoms with van der Waals surface area (Å²) in [7, 11) is 2.08. The third-order valence-corrected chi connectivity index (χ3v) is 5.04. The molecule has 3 rings (SSSR count). The van der Waals surface area contributed by atoms with Gasteiger partial charge in [0.1, 0.15) is 0 Å². The number of carbonyl (C=O) groups is 1. The topological polar surface area (TPSA) is 47.0 Å². The van der Waals surface area contributed by atoms with E-state index in [0.29, 0.717) is 12.5 Å². The van der Waals surface area contributed by atoms with E-state index in [9.17, 15) is 9.90 Å². The molecule has 0 aliphatic carbocycles. The molecule has 0 aromatic heterocycles. The summed E-state index contributed by atoms with van der Waals surface area (Å²) in [6, 6.07) is 9.78. The molecule has 2 saturated heterocycles. The summed E-state index contributed by atoms with van der Waals surface area (Å²) in [5.41, 5.74) is 0.958. The van der Waals surface area contributed by atoms with Gasteiger partial charge in [0, 0.05) is 39.3 Å². The molecular weight excluding hydrogens is 290 g/mol. The summed E-state index contributed by atoms with van der Waals surface area (Å²) in [5.74, 6) is 0.499. The second-order valence-corrected chi connectivity index (χ2v) is 6.80. The van der Waals surface area contributed by atoms with Gasteiger partial charge in [-0.05, 0) is 25.6 Å². The zero-order valence-corrected chi connectivity index (χ0v) is 13.9. The summed E-state index contributed by atoms with van der Waals surface area (Å²) in [5, 5.41) is 10.3. The van der Waals surface area contributed by atoms with Crippen molar-refractivity contribution in [3.8, 4) is 0 Å². The van der Waals surface area contributed by atoms with Gasteiger partial charge >= 0.3 is 0 Å². The van der Waals surface area contributed by atoms with Gasteiger partial charge in [0.15, 0.2) is 0 Å². The number of aliphatic hydroxyl groups is 1. The molecule has 0 saturated carbocycles. The first-order valence-electron chi connectivity index (χ1n) is 8.56. The van der Waals surface area contributed by atoms with Gasteiger partial charge in [-0.15, -0.1) is 0 Å². The average Bonchev–Trinajstić information content (AvgIpc) is 3.02. The zero-order chi connectivity index (χ0) is 16.2. The van der Waals surface area contributed by atoms with Crippen molar-refractivity contribution < 1.29 is 9.90 Å². The molecule has 126 valence electrons. The van der Waals surface area contributed by atoms with Gasteiger partial charge in [-0.2, -0.15) is 0 Å². The first-order valence-corrected chi connectivity index (χ1v) is 8.56. The number of benzene rings is 1. The lowest BCUT2D eigenvalue weighted by Crippen LogP contribution is -2.51. The Labute approximate surface area is 138 Å². The number of β-amino-alcohol motifs (C(OH)–C–C–N with tert-alkyl or cyclic N) is 1. The highest BCUT2D eigenvalue weighted by atomic mass is 16.3. The Bertz CT molecular complexity index is 514. The van der Waals surface area contributed by atoms with E-state index in [1.807, 2.05) is 35.2 Å². The third-order valence-electron chi connectivity index (χ3n) is 5.04. The van der Waals surface area contributed by atoms with Gasteiger partial charge < -0.3 is 14.9 Å². The maximum absolute atomic E-state index is 12.5. The molecule has 5 heteroatoms. The largest absolute Gasteiger partial charge is 0.387 e. The molecule has 1 aromatic rings. The number of likely N-dealkylation sites (tertiary alicyclic amines) is 1. The predicted molar refractivity (Wildman–Crippen MR) is 90.0 cm³/mol. The van der Waals surface area contributed by atoms with Crippen molar-refractivity contribution >= 4 is 5.91 Å². The van der Waals surface area contributed by atoms with Crippen LogP contribution in [0.15, 0.2) is 30.3 Å². The summed E-state index contributed by atoms with van der Waals surface area (Å²) < 4.78 is 0. The van der Waals surface area contributed by atoms with Crippen LogP contribution in [0.1, 0.15) is 18.1 Å². The van der Waals surface area contributed by atoms with Crippen LogP contribution in [-0.2, 0) is 4.79 Å². The number of nitrogens with zero attached hydrogens (tertiary/aromatic N) is 3. The Morgan fingerprint density at radius 3 is 2.48 bits per heavy atom. The predicted octanol–water partition coefficient (Wildman–Crippen LogP) is 0.816. The van der Waals surface area contributed by atoms with Crippen molar-refractivity contribution in [3.05, 3.63) is 35.9 Å². The molecule has 0 radical (unpaired) electrons. The lowest BCUT2D eigenvalue weighted by atomic mass is 10.1. The molecule has 1 N–H and O–H groups in total. The molecule has 2 aliphatic rings. The van der Waals surface area contributed by atoms with Crippen molar-refractivity contribution in [1.29, 1.82) is 0 Å². The monoisotopic (exact) mass is 317 g/mol. The number of carbonyl (C=O) groups excluding carboxylic acids is 1. The van der Waals surface area contributed by atoms with Crippen molar-refractivity contribution in [2.45, 2.75) is 12.5 Å². The van der Waals surface area contributed by atoms with E-state index in [1.54, 1.807) is 0 Å². The van der Waals surface area contributed by atoms with Crippen LogP contribution in [0.5, 0.6) is 0 Å². The smallest absolute Gasteiger partial charge is 0.227 e. The van der Waals surface area contributed by atoms with Gasteiger partial charge in [-0.1, -0.05) is 30.3 Å². The molecule has 0 unspecified atom stereocenters. The highest BCUT2D eigenvalue weighted by Gasteiger charge is 2.31. The highest BCUT2D eigenvalue weighted by molar-refractivity contribution is 5.79. The number of aliphatic hydroxyl groups excluding tert-OH is 1. The molecule has 1 amide bonds. The molecule has 2 heterocycles. The summed E-state index contributed by atoms with van der Waals surface area (Å²) in [6.45, 7) is 5.81. The quantitative estimate of drug-likeness (QED) is 0.893.